The lowest BCUT2D eigenvalue weighted by Gasteiger charge is -2.17. The number of carbonyl (C=O) groups is 4. The highest BCUT2D eigenvalue weighted by molar-refractivity contribution is 5.96. The molecule has 0 saturated heterocycles. The van der Waals surface area contributed by atoms with Crippen LogP contribution in [0.15, 0.2) is 71.7 Å². The zero-order chi connectivity index (χ0) is 40.8. The Balaban J connectivity index is 1.57. The van der Waals surface area contributed by atoms with Gasteiger partial charge in [-0.2, -0.15) is 0 Å². The van der Waals surface area contributed by atoms with Crippen LogP contribution in [0.25, 0.3) is 10.9 Å². The summed E-state index contributed by atoms with van der Waals surface area (Å²) in [6.07, 6.45) is 0.0216. The van der Waals surface area contributed by atoms with Crippen LogP contribution in [-0.4, -0.2) is 70.2 Å². The Labute approximate surface area is 285 Å². The standard InChI is InChI=1S/C33H32F3N5O8/c1-39(2)28(42)9-5-4-7-25(38-32(45)48-3)30(43)37-26-8-6-12-40(31(26)44)17-23-14-20-13-22(35)16-27(29(20)41(23)33(46)47)49-18-19-10-11-21(34)15-24(19)36/h5-6,8-16,25H,4,7,17-18H2,1-3H3,(H,37,43)(H,38,45)(H,46,47)/b9-5+/i1D3,2D3. The van der Waals surface area contributed by atoms with E-state index in [1.54, 1.807) is 0 Å². The second-order valence-corrected chi connectivity index (χ2v) is 10.3. The summed E-state index contributed by atoms with van der Waals surface area (Å²) in [4.78, 5) is 63.3. The monoisotopic (exact) mass is 689 g/mol. The van der Waals surface area contributed by atoms with Crippen molar-refractivity contribution in [2.24, 2.45) is 0 Å². The number of aromatic nitrogens is 2. The molecule has 4 aromatic rings. The van der Waals surface area contributed by atoms with Crippen LogP contribution in [0.4, 0.5) is 28.4 Å². The van der Waals surface area contributed by atoms with Crippen molar-refractivity contribution < 1.29 is 55.2 Å². The van der Waals surface area contributed by atoms with Gasteiger partial charge in [-0.25, -0.2) is 27.3 Å². The number of anilines is 1. The predicted molar refractivity (Wildman–Crippen MR) is 171 cm³/mol. The van der Waals surface area contributed by atoms with E-state index in [0.717, 1.165) is 46.6 Å². The molecule has 4 rings (SSSR count). The number of rotatable bonds is 12. The Morgan fingerprint density at radius 1 is 1.08 bits per heavy atom. The number of nitrogens with zero attached hydrogens (tertiary/aromatic N) is 3. The molecule has 0 spiro atoms. The lowest BCUT2D eigenvalue weighted by molar-refractivity contribution is -0.123. The number of hydrogen-bond acceptors (Lipinski definition) is 7. The van der Waals surface area contributed by atoms with Crippen LogP contribution in [0.5, 0.6) is 5.75 Å². The molecule has 2 aromatic carbocycles. The Morgan fingerprint density at radius 3 is 2.55 bits per heavy atom. The van der Waals surface area contributed by atoms with Gasteiger partial charge in [0.2, 0.25) is 11.8 Å². The van der Waals surface area contributed by atoms with E-state index < -0.39 is 80.2 Å². The lowest BCUT2D eigenvalue weighted by atomic mass is 10.1. The van der Waals surface area contributed by atoms with E-state index in [1.165, 1.54) is 24.4 Å². The number of methoxy groups -OCH3 is 1. The minimum absolute atomic E-state index is 0.0430. The van der Waals surface area contributed by atoms with Gasteiger partial charge in [-0.1, -0.05) is 6.08 Å². The molecule has 0 fully saturated rings. The quantitative estimate of drug-likeness (QED) is 0.184. The van der Waals surface area contributed by atoms with E-state index in [1.807, 2.05) is 0 Å². The van der Waals surface area contributed by atoms with Crippen LogP contribution < -0.4 is 20.9 Å². The zero-order valence-electron chi connectivity index (χ0n) is 31.5. The number of likely N-dealkylation sites (N-methyl/N-ethyl adjacent to an activating group) is 1. The largest absolute Gasteiger partial charge is 0.486 e. The van der Waals surface area contributed by atoms with Gasteiger partial charge in [0.15, 0.2) is 0 Å². The summed E-state index contributed by atoms with van der Waals surface area (Å²) in [6, 6.07) is 7.03. The summed E-state index contributed by atoms with van der Waals surface area (Å²) in [5, 5.41) is 14.8. The normalized spacial score (nSPS) is 14.0. The molecular formula is C33H32F3N5O8. The number of carbonyl (C=O) groups excluding carboxylic acids is 3. The maximum absolute atomic E-state index is 14.6. The van der Waals surface area contributed by atoms with E-state index in [-0.39, 0.29) is 51.3 Å². The van der Waals surface area contributed by atoms with Gasteiger partial charge in [0, 0.05) is 51.5 Å². The average Bonchev–Trinajstić information content (AvgIpc) is 3.43. The third-order valence-electron chi connectivity index (χ3n) is 7.00. The Kier molecular flexibility index (Phi) is 8.96. The van der Waals surface area contributed by atoms with E-state index in [2.05, 4.69) is 15.4 Å². The van der Waals surface area contributed by atoms with Gasteiger partial charge in [-0.15, -0.1) is 0 Å². The van der Waals surface area contributed by atoms with Crippen molar-refractivity contribution in [3.8, 4) is 5.75 Å². The molecular weight excluding hydrogens is 651 g/mol. The molecule has 0 saturated carbocycles. The van der Waals surface area contributed by atoms with E-state index >= 15 is 0 Å². The number of amides is 3. The summed E-state index contributed by atoms with van der Waals surface area (Å²) in [5.74, 6) is -5.21. The molecule has 1 unspecified atom stereocenters. The van der Waals surface area contributed by atoms with E-state index in [0.29, 0.717) is 12.1 Å². The second-order valence-electron chi connectivity index (χ2n) is 10.3. The molecule has 2 heterocycles. The number of benzene rings is 2. The van der Waals surface area contributed by atoms with Crippen molar-refractivity contribution in [1.29, 1.82) is 0 Å². The predicted octanol–water partition coefficient (Wildman–Crippen LogP) is 4.46. The number of fused-ring (bicyclic) bond motifs is 1. The first-order valence-electron chi connectivity index (χ1n) is 17.2. The second kappa shape index (κ2) is 15.7. The first-order chi connectivity index (χ1) is 25.7. The highest BCUT2D eigenvalue weighted by Crippen LogP contribution is 2.32. The molecule has 13 nitrogen and oxygen atoms in total. The van der Waals surface area contributed by atoms with Gasteiger partial charge >= 0.3 is 12.2 Å². The summed E-state index contributed by atoms with van der Waals surface area (Å²) >= 11 is 0. The lowest BCUT2D eigenvalue weighted by Crippen LogP contribution is -2.44. The number of hydrogen-bond donors (Lipinski definition) is 3. The molecule has 3 N–H and O–H groups in total. The molecule has 49 heavy (non-hydrogen) atoms. The van der Waals surface area contributed by atoms with Crippen molar-refractivity contribution in [3.05, 3.63) is 106 Å². The van der Waals surface area contributed by atoms with Gasteiger partial charge in [0.1, 0.15) is 47.1 Å². The maximum Gasteiger partial charge on any atom is 0.416 e. The number of alkyl carbamates (subject to hydrolysis) is 1. The molecule has 3 amide bonds. The van der Waals surface area contributed by atoms with Crippen LogP contribution in [0.1, 0.15) is 32.3 Å². The number of allylic oxidation sites excluding steroid dienone is 1. The van der Waals surface area contributed by atoms with Crippen LogP contribution in [0.2, 0.25) is 0 Å². The minimum atomic E-state index is -3.28. The third-order valence-corrected chi connectivity index (χ3v) is 7.00. The minimum Gasteiger partial charge on any atom is -0.486 e. The van der Waals surface area contributed by atoms with Gasteiger partial charge in [0.25, 0.3) is 5.56 Å². The Morgan fingerprint density at radius 2 is 1.86 bits per heavy atom. The fourth-order valence-corrected chi connectivity index (χ4v) is 4.71. The van der Waals surface area contributed by atoms with Crippen molar-refractivity contribution in [1.82, 2.24) is 19.4 Å². The summed E-state index contributed by atoms with van der Waals surface area (Å²) in [6.45, 7) is -7.52. The zero-order valence-corrected chi connectivity index (χ0v) is 25.5. The van der Waals surface area contributed by atoms with Gasteiger partial charge in [0.05, 0.1) is 19.3 Å². The topological polar surface area (TPSA) is 161 Å². The first kappa shape index (κ1) is 28.0. The number of halogens is 3. The highest BCUT2D eigenvalue weighted by Gasteiger charge is 2.23. The average molecular weight is 690 g/mol. The number of nitrogens with one attached hydrogen (secondary N) is 2. The molecule has 0 radical (unpaired) electrons. The molecule has 0 aliphatic rings. The number of pyridine rings is 1. The molecule has 16 heteroatoms. The number of ether oxygens (including phenoxy) is 2. The van der Waals surface area contributed by atoms with E-state index in [4.69, 9.17) is 13.0 Å². The van der Waals surface area contributed by atoms with Crippen molar-refractivity contribution in [2.45, 2.75) is 32.0 Å². The van der Waals surface area contributed by atoms with Crippen LogP contribution in [-0.2, 0) is 27.5 Å². The van der Waals surface area contributed by atoms with Crippen molar-refractivity contribution in [2.75, 3.05) is 26.4 Å². The molecule has 0 aliphatic heterocycles. The fraction of sp³-hybridized carbons (Fsp3) is 0.242. The summed E-state index contributed by atoms with van der Waals surface area (Å²) in [5.41, 5.74) is -1.46. The van der Waals surface area contributed by atoms with Gasteiger partial charge in [-0.05, 0) is 55.3 Å². The molecule has 2 aromatic heterocycles. The Bertz CT molecular complexity index is 2190. The fourth-order valence-electron chi connectivity index (χ4n) is 4.71. The molecule has 1 atom stereocenters. The number of carboxylic acid groups (broad SMARTS) is 1. The van der Waals surface area contributed by atoms with Crippen LogP contribution in [0.3, 0.4) is 0 Å². The SMILES string of the molecule is [2H]C([2H])([2H])N(C(=O)/C=C/CCC(NC(=O)OC)C(=O)Nc1cccn(Cc2cc3cc(F)cc(OCc4ccc(F)cc4F)c3n2C(=O)O)c1=O)C([2H])([2H])[2H]. The van der Waals surface area contributed by atoms with E-state index in [9.17, 15) is 42.3 Å². The van der Waals surface area contributed by atoms with Crippen LogP contribution >= 0.6 is 0 Å². The first-order valence-corrected chi connectivity index (χ1v) is 14.2. The smallest absolute Gasteiger partial charge is 0.416 e. The highest BCUT2D eigenvalue weighted by atomic mass is 19.1. The van der Waals surface area contributed by atoms with Crippen molar-refractivity contribution in [3.63, 3.8) is 0 Å². The molecule has 0 aliphatic carbocycles. The third kappa shape index (κ3) is 8.85. The van der Waals surface area contributed by atoms with Crippen molar-refractivity contribution >= 4 is 40.6 Å². The van der Waals surface area contributed by atoms with Crippen LogP contribution in [0, 0.1) is 17.5 Å². The molecule has 258 valence electrons. The van der Waals surface area contributed by atoms with Gasteiger partial charge < -0.3 is 34.7 Å². The summed E-state index contributed by atoms with van der Waals surface area (Å²) in [7, 11) is 1.02. The Hall–Kier alpha value is -6.06. The summed E-state index contributed by atoms with van der Waals surface area (Å²) < 4.78 is 98.1. The molecule has 0 bridgehead atoms. The maximum atomic E-state index is 14.6. The van der Waals surface area contributed by atoms with Gasteiger partial charge in [-0.3, -0.25) is 14.4 Å².